The first-order chi connectivity index (χ1) is 44.7. The van der Waals surface area contributed by atoms with Crippen molar-refractivity contribution in [3.05, 3.63) is 119 Å². The predicted octanol–water partition coefficient (Wildman–Crippen LogP) is 11.8. The molecular formula is C72H99N11O10S. The second-order valence-corrected chi connectivity index (χ2v) is 27.5. The lowest BCUT2D eigenvalue weighted by Crippen LogP contribution is -2.52. The molecule has 3 heterocycles. The number of aromatic hydroxyl groups is 2. The molecule has 4 aromatic carbocycles. The summed E-state index contributed by atoms with van der Waals surface area (Å²) in [6.45, 7) is 27.7. The number of anilines is 3. The van der Waals surface area contributed by atoms with Crippen LogP contribution in [0, 0.1) is 12.8 Å². The highest BCUT2D eigenvalue weighted by atomic mass is 32.2. The van der Waals surface area contributed by atoms with Crippen LogP contribution in [0.5, 0.6) is 11.8 Å². The largest absolute Gasteiger partial charge is 0.494 e. The zero-order chi connectivity index (χ0) is 68.7. The lowest BCUT2D eigenvalue weighted by molar-refractivity contribution is -0.127. The standard InChI is InChI=1S/C72H99N11O10S/c1-13-46-43-83(57-39-45(8)52-21-18-19-22-53(52)62(46)57)67(90)56-41-48-40-51(28-29-54(48)79-56)78-64(87)47-24-26-50(27-25-47)77-65(88)55(23-20-34-76-69(73)92)80-66(89)63(44(6)7)75-36-35-74-59(84)30-32-71(11,12)93-38-33-70(9,10)81-60(85)31-37-82-61(86)42-58(68(82)91)94-72(16-4,17-5)49(14-2)15-3/h18-19,21-22,24-29,39-42,46,49,55,63,75,79,86,91H,6,13-17,20,23,30-38,43H2,1-5,7-12H3,(H,74,84)(H,77,88)(H,78,87)(H,80,89)(H,81,85)(H3,73,76,92). The van der Waals surface area contributed by atoms with Gasteiger partial charge in [0, 0.05) is 108 Å². The van der Waals surface area contributed by atoms with Gasteiger partial charge in [-0.3, -0.25) is 33.3 Å². The molecular weight excluding hydrogens is 1210 g/mol. The molecule has 8 amide bonds. The molecule has 1 aliphatic heterocycles. The molecule has 22 heteroatoms. The zero-order valence-electron chi connectivity index (χ0n) is 56.7. The molecule has 3 unspecified atom stereocenters. The second kappa shape index (κ2) is 32.7. The number of benzene rings is 4. The van der Waals surface area contributed by atoms with Crippen LogP contribution in [0.3, 0.4) is 0 Å². The summed E-state index contributed by atoms with van der Waals surface area (Å²) in [6.07, 6.45) is 6.28. The molecule has 1 aliphatic rings. The smallest absolute Gasteiger partial charge is 0.312 e. The molecule has 7 rings (SSSR count). The Kier molecular flexibility index (Phi) is 25.4. The molecule has 0 saturated heterocycles. The first-order valence-electron chi connectivity index (χ1n) is 33.1. The van der Waals surface area contributed by atoms with E-state index in [9.17, 15) is 43.8 Å². The van der Waals surface area contributed by atoms with Crippen molar-refractivity contribution in [1.82, 2.24) is 36.1 Å². The van der Waals surface area contributed by atoms with Gasteiger partial charge < -0.3 is 67.8 Å². The fourth-order valence-corrected chi connectivity index (χ4v) is 14.3. The molecule has 94 heavy (non-hydrogen) atoms. The number of aromatic amines is 1. The average molecular weight is 1310 g/mol. The maximum Gasteiger partial charge on any atom is 0.312 e. The lowest BCUT2D eigenvalue weighted by Gasteiger charge is -2.38. The van der Waals surface area contributed by atoms with Crippen LogP contribution in [0.15, 0.2) is 102 Å². The van der Waals surface area contributed by atoms with Crippen molar-refractivity contribution >= 4 is 92.0 Å². The van der Waals surface area contributed by atoms with Gasteiger partial charge in [0.05, 0.1) is 10.5 Å². The number of aryl methyl sites for hydroxylation is 1. The molecule has 6 aromatic rings. The summed E-state index contributed by atoms with van der Waals surface area (Å²) in [4.78, 5) is 98.9. The van der Waals surface area contributed by atoms with Crippen LogP contribution in [0.25, 0.3) is 21.7 Å². The highest BCUT2D eigenvalue weighted by molar-refractivity contribution is 8.00. The highest BCUT2D eigenvalue weighted by Crippen LogP contribution is 2.51. The average Bonchev–Trinajstić information content (AvgIpc) is 1.58. The summed E-state index contributed by atoms with van der Waals surface area (Å²) < 4.78 is 7.51. The Labute approximate surface area is 557 Å². The van der Waals surface area contributed by atoms with Gasteiger partial charge in [0.1, 0.15) is 17.8 Å². The fraction of sp³-hybridized carbons (Fsp3) is 0.486. The number of amides is 8. The van der Waals surface area contributed by atoms with Crippen molar-refractivity contribution in [2.24, 2.45) is 11.7 Å². The maximum absolute atomic E-state index is 14.2. The first-order valence-corrected chi connectivity index (χ1v) is 33.9. The number of H-pyrrole nitrogens is 1. The van der Waals surface area contributed by atoms with E-state index in [1.165, 1.54) is 20.9 Å². The van der Waals surface area contributed by atoms with Gasteiger partial charge in [0.15, 0.2) is 5.88 Å². The number of nitrogens with one attached hydrogen (secondary N) is 8. The van der Waals surface area contributed by atoms with E-state index in [2.05, 4.69) is 109 Å². The Bertz CT molecular complexity index is 3680. The lowest BCUT2D eigenvalue weighted by atomic mass is 9.83. The van der Waals surface area contributed by atoms with Crippen LogP contribution < -0.4 is 47.9 Å². The first kappa shape index (κ1) is 73.1. The SMILES string of the molecule is C=C(C)C(NCCNC(=O)CCC(C)(C)OCCC(C)(C)NC(=O)CCn1c(O)cc(SC(CC)(CC)C(CC)CC)c1O)C(=O)NC(CCCNC(N)=O)C(=O)Nc1ccc(C(=O)Nc2ccc3[nH]c(C(=O)N4CC(CC)c5c4cc(C)c4ccccc54)cc3c2)cc1. The number of aromatic nitrogens is 2. The van der Waals surface area contributed by atoms with E-state index in [0.29, 0.717) is 71.4 Å². The van der Waals surface area contributed by atoms with E-state index in [0.717, 1.165) is 54.3 Å². The van der Waals surface area contributed by atoms with E-state index in [1.54, 1.807) is 67.2 Å². The number of nitrogens with two attached hydrogens (primary N) is 1. The van der Waals surface area contributed by atoms with E-state index in [1.807, 2.05) is 50.8 Å². The summed E-state index contributed by atoms with van der Waals surface area (Å²) in [5, 5.41) is 45.2. The van der Waals surface area contributed by atoms with Gasteiger partial charge in [0.25, 0.3) is 11.8 Å². The molecule has 508 valence electrons. The van der Waals surface area contributed by atoms with Gasteiger partial charge in [-0.2, -0.15) is 0 Å². The minimum atomic E-state index is -1.06. The number of primary amides is 1. The van der Waals surface area contributed by atoms with Crippen molar-refractivity contribution in [1.29, 1.82) is 0 Å². The van der Waals surface area contributed by atoms with E-state index >= 15 is 0 Å². The molecule has 0 saturated carbocycles. The van der Waals surface area contributed by atoms with Crippen molar-refractivity contribution in [2.45, 2.75) is 192 Å². The molecule has 0 radical (unpaired) electrons. The van der Waals surface area contributed by atoms with Gasteiger partial charge in [-0.1, -0.05) is 83.9 Å². The van der Waals surface area contributed by atoms with Crippen LogP contribution in [-0.4, -0.2) is 122 Å². The Morgan fingerprint density at radius 1 is 0.798 bits per heavy atom. The van der Waals surface area contributed by atoms with Gasteiger partial charge in [0.2, 0.25) is 29.5 Å². The number of urea groups is 1. The van der Waals surface area contributed by atoms with Crippen LogP contribution in [-0.2, 0) is 30.5 Å². The molecule has 0 bridgehead atoms. The predicted molar refractivity (Wildman–Crippen MR) is 375 cm³/mol. The number of thioether (sulfide) groups is 1. The minimum absolute atomic E-state index is 0.0350. The molecule has 21 nitrogen and oxygen atoms in total. The monoisotopic (exact) mass is 1310 g/mol. The molecule has 0 spiro atoms. The van der Waals surface area contributed by atoms with Gasteiger partial charge in [-0.15, -0.1) is 11.8 Å². The molecule has 0 aliphatic carbocycles. The number of carbonyl (C=O) groups is 7. The van der Waals surface area contributed by atoms with E-state index in [-0.39, 0.29) is 85.6 Å². The van der Waals surface area contributed by atoms with Crippen molar-refractivity contribution < 1.29 is 48.5 Å². The molecule has 12 N–H and O–H groups in total. The summed E-state index contributed by atoms with van der Waals surface area (Å²) in [6, 6.07) is 22.8. The highest BCUT2D eigenvalue weighted by Gasteiger charge is 2.38. The van der Waals surface area contributed by atoms with Gasteiger partial charge in [-0.05, 0) is 169 Å². The fourth-order valence-electron chi connectivity index (χ4n) is 12.7. The summed E-state index contributed by atoms with van der Waals surface area (Å²) in [7, 11) is 0. The Hall–Kier alpha value is -8.34. The summed E-state index contributed by atoms with van der Waals surface area (Å²) in [5.74, 6) is -1.53. The third-order valence-corrected chi connectivity index (χ3v) is 20.1. The summed E-state index contributed by atoms with van der Waals surface area (Å²) >= 11 is 1.61. The number of carbonyl (C=O) groups excluding carboxylic acids is 7. The van der Waals surface area contributed by atoms with Crippen molar-refractivity contribution in [3.8, 4) is 11.8 Å². The van der Waals surface area contributed by atoms with Crippen LogP contribution in [0.2, 0.25) is 0 Å². The van der Waals surface area contributed by atoms with E-state index < -0.39 is 47.0 Å². The molecule has 3 atom stereocenters. The Balaban J connectivity index is 0.842. The number of nitrogens with zero attached hydrogens (tertiary/aromatic N) is 2. The normalized spacial score (nSPS) is 14.0. The zero-order valence-corrected chi connectivity index (χ0v) is 57.5. The second-order valence-electron chi connectivity index (χ2n) is 26.0. The van der Waals surface area contributed by atoms with Crippen LogP contribution in [0.1, 0.15) is 178 Å². The Morgan fingerprint density at radius 2 is 1.49 bits per heavy atom. The third-order valence-electron chi connectivity index (χ3n) is 18.3. The molecule has 2 aromatic heterocycles. The minimum Gasteiger partial charge on any atom is -0.494 e. The Morgan fingerprint density at radius 3 is 2.15 bits per heavy atom. The molecule has 0 fully saturated rings. The number of hydrogen-bond acceptors (Lipinski definition) is 12. The van der Waals surface area contributed by atoms with Crippen molar-refractivity contribution in [3.63, 3.8) is 0 Å². The quantitative estimate of drug-likeness (QED) is 0.0101. The summed E-state index contributed by atoms with van der Waals surface area (Å²) in [5.41, 5.74) is 10.1. The van der Waals surface area contributed by atoms with E-state index in [4.69, 9.17) is 10.5 Å². The number of fused-ring (bicyclic) bond motifs is 4. The number of hydrogen-bond donors (Lipinski definition) is 11. The van der Waals surface area contributed by atoms with Crippen LogP contribution >= 0.6 is 11.8 Å². The van der Waals surface area contributed by atoms with Crippen LogP contribution in [0.4, 0.5) is 21.9 Å². The third kappa shape index (κ3) is 18.7. The number of rotatable bonds is 35. The topological polar surface area (TPSA) is 303 Å². The maximum atomic E-state index is 14.2. The van der Waals surface area contributed by atoms with Crippen molar-refractivity contribution in [2.75, 3.05) is 48.3 Å². The van der Waals surface area contributed by atoms with Gasteiger partial charge >= 0.3 is 6.03 Å². The number of ether oxygens (including phenoxy) is 1. The van der Waals surface area contributed by atoms with Gasteiger partial charge in [-0.25, -0.2) is 4.79 Å².